The molecule has 7 nitrogen and oxygen atoms in total. The first-order chi connectivity index (χ1) is 9.35. The van der Waals surface area contributed by atoms with Gasteiger partial charge >= 0.3 is 5.97 Å². The molecule has 1 aromatic carbocycles. The van der Waals surface area contributed by atoms with Crippen LogP contribution in [0.3, 0.4) is 0 Å². The van der Waals surface area contributed by atoms with E-state index in [0.29, 0.717) is 5.41 Å². The van der Waals surface area contributed by atoms with Crippen LogP contribution >= 0.6 is 0 Å². The Labute approximate surface area is 114 Å². The van der Waals surface area contributed by atoms with Crippen LogP contribution in [0.25, 0.3) is 0 Å². The minimum atomic E-state index is -3.82. The van der Waals surface area contributed by atoms with Gasteiger partial charge in [0.1, 0.15) is 0 Å². The van der Waals surface area contributed by atoms with E-state index in [2.05, 4.69) is 11.4 Å². The van der Waals surface area contributed by atoms with Gasteiger partial charge in [0.2, 0.25) is 0 Å². The minimum absolute atomic E-state index is 0.0943. The summed E-state index contributed by atoms with van der Waals surface area (Å²) in [7, 11) is -3.82. The molecule has 0 spiro atoms. The summed E-state index contributed by atoms with van der Waals surface area (Å²) in [5, 5.41) is 0.849. The number of carbonyl (C=O) groups is 3. The van der Waals surface area contributed by atoms with Crippen molar-refractivity contribution in [2.24, 2.45) is 0 Å². The van der Waals surface area contributed by atoms with Crippen molar-refractivity contribution in [3.63, 3.8) is 0 Å². The van der Waals surface area contributed by atoms with Crippen LogP contribution in [0.5, 0.6) is 0 Å². The summed E-state index contributed by atoms with van der Waals surface area (Å²) >= 11 is 0. The van der Waals surface area contributed by atoms with Crippen molar-refractivity contribution < 1.29 is 27.6 Å². The van der Waals surface area contributed by atoms with Gasteiger partial charge in [0.25, 0.3) is 11.8 Å². The molecule has 0 radical (unpaired) electrons. The van der Waals surface area contributed by atoms with E-state index >= 15 is 0 Å². The molecular formula is C12H9NO6S. The lowest BCUT2D eigenvalue weighted by Crippen LogP contribution is -2.34. The number of amides is 2. The predicted molar refractivity (Wildman–Crippen MR) is 67.0 cm³/mol. The first-order valence-corrected chi connectivity index (χ1v) is 7.11. The molecule has 0 aromatic heterocycles. The van der Waals surface area contributed by atoms with E-state index in [1.54, 1.807) is 12.1 Å². The number of benzene rings is 1. The molecule has 0 saturated carbocycles. The highest BCUT2D eigenvalue weighted by Crippen LogP contribution is 2.22. The zero-order valence-electron chi connectivity index (χ0n) is 10.1. The summed E-state index contributed by atoms with van der Waals surface area (Å²) in [6.07, 6.45) is 0. The third-order valence-corrected chi connectivity index (χ3v) is 3.67. The van der Waals surface area contributed by atoms with E-state index in [1.165, 1.54) is 12.1 Å². The maximum absolute atomic E-state index is 11.8. The van der Waals surface area contributed by atoms with Crippen LogP contribution in [-0.4, -0.2) is 37.0 Å². The highest BCUT2D eigenvalue weighted by atomic mass is 32.2. The number of hydrogen-bond acceptors (Lipinski definition) is 6. The van der Waals surface area contributed by atoms with E-state index in [4.69, 9.17) is 0 Å². The molecule has 1 aliphatic heterocycles. The summed E-state index contributed by atoms with van der Waals surface area (Å²) in [6.45, 7) is 3.04. The van der Waals surface area contributed by atoms with Gasteiger partial charge in [0.05, 0.1) is 11.1 Å². The first kappa shape index (κ1) is 13.9. The standard InChI is InChI=1S/C12H9NO6S/c1-2-20(17,18)7-10(14)19-13-11(15)8-5-3-4-6-9(8)12(13)16/h2-6H,1,7H2. The van der Waals surface area contributed by atoms with Crippen LogP contribution in [0.2, 0.25) is 0 Å². The smallest absolute Gasteiger partial charge is 0.329 e. The Balaban J connectivity index is 2.17. The van der Waals surface area contributed by atoms with Gasteiger partial charge in [-0.15, -0.1) is 0 Å². The van der Waals surface area contributed by atoms with Crippen molar-refractivity contribution in [1.82, 2.24) is 5.06 Å². The molecule has 0 bridgehead atoms. The molecule has 2 rings (SSSR count). The second-order valence-electron chi connectivity index (χ2n) is 3.89. The van der Waals surface area contributed by atoms with E-state index in [-0.39, 0.29) is 16.2 Å². The molecule has 104 valence electrons. The zero-order valence-corrected chi connectivity index (χ0v) is 10.9. The van der Waals surface area contributed by atoms with Crippen LogP contribution in [0, 0.1) is 0 Å². The van der Waals surface area contributed by atoms with Gasteiger partial charge in [0, 0.05) is 5.41 Å². The maximum atomic E-state index is 11.8. The Morgan fingerprint density at radius 1 is 1.20 bits per heavy atom. The van der Waals surface area contributed by atoms with Crippen molar-refractivity contribution in [1.29, 1.82) is 0 Å². The van der Waals surface area contributed by atoms with Gasteiger partial charge < -0.3 is 4.84 Å². The average molecular weight is 295 g/mol. The summed E-state index contributed by atoms with van der Waals surface area (Å²) in [5.41, 5.74) is 0.189. The first-order valence-electron chi connectivity index (χ1n) is 5.39. The fraction of sp³-hybridized carbons (Fsp3) is 0.0833. The zero-order chi connectivity index (χ0) is 14.9. The number of carbonyl (C=O) groups excluding carboxylic acids is 3. The van der Waals surface area contributed by atoms with Crippen LogP contribution in [-0.2, 0) is 19.5 Å². The number of sulfone groups is 1. The molecule has 0 atom stereocenters. The van der Waals surface area contributed by atoms with E-state index in [1.807, 2.05) is 0 Å². The number of hydroxylamine groups is 2. The fourth-order valence-electron chi connectivity index (χ4n) is 1.60. The SMILES string of the molecule is C=CS(=O)(=O)CC(=O)ON1C(=O)c2ccccc2C1=O. The molecule has 1 aromatic rings. The Morgan fingerprint density at radius 2 is 1.70 bits per heavy atom. The lowest BCUT2D eigenvalue weighted by molar-refractivity contribution is -0.165. The normalized spacial score (nSPS) is 14.1. The monoisotopic (exact) mass is 295 g/mol. The van der Waals surface area contributed by atoms with Crippen LogP contribution in [0.4, 0.5) is 0 Å². The Bertz CT molecular complexity index is 686. The second-order valence-corrected chi connectivity index (χ2v) is 5.84. The Hall–Kier alpha value is -2.48. The van der Waals surface area contributed by atoms with Crippen molar-refractivity contribution in [3.8, 4) is 0 Å². The molecule has 0 aliphatic carbocycles. The number of fused-ring (bicyclic) bond motifs is 1. The van der Waals surface area contributed by atoms with Crippen molar-refractivity contribution in [2.75, 3.05) is 5.75 Å². The van der Waals surface area contributed by atoms with Crippen molar-refractivity contribution in [3.05, 3.63) is 47.4 Å². The van der Waals surface area contributed by atoms with Gasteiger partial charge in [-0.3, -0.25) is 9.59 Å². The summed E-state index contributed by atoms with van der Waals surface area (Å²) in [5.74, 6) is -3.85. The average Bonchev–Trinajstić information content (AvgIpc) is 2.64. The van der Waals surface area contributed by atoms with E-state index < -0.39 is 33.4 Å². The van der Waals surface area contributed by atoms with Crippen LogP contribution in [0.15, 0.2) is 36.3 Å². The van der Waals surface area contributed by atoms with Gasteiger partial charge in [-0.05, 0) is 12.1 Å². The lowest BCUT2D eigenvalue weighted by Gasteiger charge is -2.12. The number of imide groups is 1. The summed E-state index contributed by atoms with van der Waals surface area (Å²) in [6, 6.07) is 5.92. The molecular weight excluding hydrogens is 286 g/mol. The summed E-state index contributed by atoms with van der Waals surface area (Å²) in [4.78, 5) is 39.6. The minimum Gasteiger partial charge on any atom is -0.329 e. The highest BCUT2D eigenvalue weighted by molar-refractivity contribution is 7.94. The van der Waals surface area contributed by atoms with Crippen molar-refractivity contribution >= 4 is 27.6 Å². The quantitative estimate of drug-likeness (QED) is 0.741. The molecule has 0 fully saturated rings. The van der Waals surface area contributed by atoms with E-state index in [0.717, 1.165) is 0 Å². The number of rotatable bonds is 4. The molecule has 0 N–H and O–H groups in total. The van der Waals surface area contributed by atoms with Gasteiger partial charge in [-0.2, -0.15) is 0 Å². The Kier molecular flexibility index (Phi) is 3.41. The predicted octanol–water partition coefficient (Wildman–Crippen LogP) is 0.299. The number of hydrogen-bond donors (Lipinski definition) is 0. The van der Waals surface area contributed by atoms with Gasteiger partial charge in [0.15, 0.2) is 15.6 Å². The highest BCUT2D eigenvalue weighted by Gasteiger charge is 2.38. The summed E-state index contributed by atoms with van der Waals surface area (Å²) < 4.78 is 22.3. The third kappa shape index (κ3) is 2.45. The molecule has 2 amide bonds. The topological polar surface area (TPSA) is 97.8 Å². The van der Waals surface area contributed by atoms with Crippen LogP contribution in [0.1, 0.15) is 20.7 Å². The molecule has 1 aliphatic rings. The van der Waals surface area contributed by atoms with Crippen LogP contribution < -0.4 is 0 Å². The largest absolute Gasteiger partial charge is 0.348 e. The third-order valence-electron chi connectivity index (χ3n) is 2.52. The molecule has 1 heterocycles. The second kappa shape index (κ2) is 4.89. The van der Waals surface area contributed by atoms with Gasteiger partial charge in [-0.1, -0.05) is 23.8 Å². The van der Waals surface area contributed by atoms with Crippen molar-refractivity contribution in [2.45, 2.75) is 0 Å². The number of nitrogens with zero attached hydrogens (tertiary/aromatic N) is 1. The fourth-order valence-corrected chi connectivity index (χ4v) is 2.10. The molecule has 8 heteroatoms. The molecule has 0 saturated heterocycles. The lowest BCUT2D eigenvalue weighted by atomic mass is 10.1. The Morgan fingerprint density at radius 3 is 2.15 bits per heavy atom. The molecule has 20 heavy (non-hydrogen) atoms. The molecule has 0 unspecified atom stereocenters. The van der Waals surface area contributed by atoms with Gasteiger partial charge in [-0.25, -0.2) is 13.2 Å². The van der Waals surface area contributed by atoms with E-state index in [9.17, 15) is 22.8 Å². The maximum Gasteiger partial charge on any atom is 0.348 e.